The Morgan fingerprint density at radius 1 is 0.382 bits per heavy atom. The van der Waals surface area contributed by atoms with Crippen molar-refractivity contribution >= 4 is 84.6 Å². The number of alkyl halides is 1. The Labute approximate surface area is 756 Å². The maximum absolute atomic E-state index is 13.0. The summed E-state index contributed by atoms with van der Waals surface area (Å²) in [6.45, 7) is 39.6. The van der Waals surface area contributed by atoms with E-state index in [0.717, 1.165) is 92.1 Å². The number of azide groups is 2. The van der Waals surface area contributed by atoms with E-state index in [1.807, 2.05) is 281 Å². The van der Waals surface area contributed by atoms with Crippen molar-refractivity contribution in [1.29, 1.82) is 0 Å². The van der Waals surface area contributed by atoms with Gasteiger partial charge in [-0.2, -0.15) is 0 Å². The first-order chi connectivity index (χ1) is 58.3. The average Bonchev–Trinajstić information content (AvgIpc) is 0.856. The molecule has 0 N–H and O–H groups in total. The number of carbonyl (C=O) groups is 3. The predicted octanol–water partition coefficient (Wildman–Crippen LogP) is 20.2. The van der Waals surface area contributed by atoms with Crippen LogP contribution in [0.25, 0.3) is 20.9 Å². The molecule has 11 rings (SSSR count). The van der Waals surface area contributed by atoms with Gasteiger partial charge in [-0.15, -0.1) is 0 Å². The number of hydrogen-bond acceptors (Lipinski definition) is 15. The molecule has 5 heterocycles. The summed E-state index contributed by atoms with van der Waals surface area (Å²) in [5.41, 5.74) is 23.8. The van der Waals surface area contributed by atoms with Crippen LogP contribution >= 0.6 is 22.6 Å². The van der Waals surface area contributed by atoms with Crippen molar-refractivity contribution < 1.29 is 59.6 Å². The van der Waals surface area contributed by atoms with Crippen LogP contribution < -0.4 is 0 Å². The standard InChI is InChI=1S/C22H26N4O3.C18H28INO2S.C18H28N4O2S.2C18H27NO3S/c1-17-21(24-25-23)13-12-20(29-17)15-26(14-18-8-4-2-5-9-18)22(27)28-16-19-10-6-3-7-11-19;1-14-17(19)11-10-16(22-14)13-20(23(21)18(2,3)4)12-15-8-6-5-7-9-15;1-14-17(20-21-19)11-10-16(24-14)13-22(25(23)18(2,3)4)12-15-8-6-5-7-9-15;2*1-14-10-11-16(22-17(14)20)13-19(23(21)18(2,3)4)12-15-8-6-5-7-9-15/h2-11,17,20-21H,12-16H2,1H3;5-9,14,16-17H,10-13H2,1-4H3;5-9,14,16-17H,10-13H2,1-4H3;2*5-9,14,16H,10-13H2,1-4H3/t17?,20-,21?;14?,16-,17?,23-;14?,16-,17?,25-;2*14?,16-,23-/m00000/s1. The highest BCUT2D eigenvalue weighted by Crippen LogP contribution is 2.33. The summed E-state index contributed by atoms with van der Waals surface area (Å²) < 4.78 is 93.8. The van der Waals surface area contributed by atoms with Crippen LogP contribution in [0.1, 0.15) is 215 Å². The zero-order valence-electron chi connectivity index (χ0n) is 75.4. The Morgan fingerprint density at radius 2 is 0.642 bits per heavy atom. The quantitative estimate of drug-likeness (QED) is 0.00840. The molecule has 676 valence electrons. The number of amides is 1. The second-order valence-electron chi connectivity index (χ2n) is 36.3. The second-order valence-corrected chi connectivity index (χ2v) is 46.9. The molecule has 0 saturated carbocycles. The van der Waals surface area contributed by atoms with Gasteiger partial charge in [0.2, 0.25) is 0 Å². The van der Waals surface area contributed by atoms with Crippen molar-refractivity contribution in [3.8, 4) is 0 Å². The van der Waals surface area contributed by atoms with Gasteiger partial charge in [-0.05, 0) is 213 Å². The number of nitrogens with zero attached hydrogens (tertiary/aromatic N) is 11. The number of carbonyl (C=O) groups excluding carboxylic acids is 3. The Balaban J connectivity index is 0.000000212. The van der Waals surface area contributed by atoms with E-state index in [4.69, 9.17) is 39.5 Å². The summed E-state index contributed by atoms with van der Waals surface area (Å²) in [4.78, 5) is 43.9. The molecule has 5 aliphatic rings. The highest BCUT2D eigenvalue weighted by molar-refractivity contribution is 14.1. The van der Waals surface area contributed by atoms with E-state index in [-0.39, 0.29) is 116 Å². The normalized spacial score (nSPS) is 24.0. The van der Waals surface area contributed by atoms with Gasteiger partial charge in [0.1, 0.15) is 62.8 Å². The number of benzene rings is 6. The van der Waals surface area contributed by atoms with Crippen molar-refractivity contribution in [3.63, 3.8) is 0 Å². The number of ether oxygens (including phenoxy) is 6. The lowest BCUT2D eigenvalue weighted by Gasteiger charge is -2.36. The molecule has 17 atom stereocenters. The van der Waals surface area contributed by atoms with Crippen LogP contribution in [0, 0.1) is 11.8 Å². The third-order valence-electron chi connectivity index (χ3n) is 21.3. The van der Waals surface area contributed by atoms with Crippen molar-refractivity contribution in [3.05, 3.63) is 236 Å². The van der Waals surface area contributed by atoms with Crippen molar-refractivity contribution in [1.82, 2.24) is 22.1 Å². The van der Waals surface area contributed by atoms with Gasteiger partial charge in [0, 0.05) is 72.7 Å². The summed E-state index contributed by atoms with van der Waals surface area (Å²) in [7, 11) is -4.49. The van der Waals surface area contributed by atoms with E-state index in [0.29, 0.717) is 62.8 Å². The van der Waals surface area contributed by atoms with Crippen molar-refractivity contribution in [2.24, 2.45) is 22.1 Å². The maximum Gasteiger partial charge on any atom is 0.410 e. The Hall–Kier alpha value is -6.80. The van der Waals surface area contributed by atoms with E-state index in [2.05, 4.69) is 78.1 Å². The largest absolute Gasteiger partial charge is 0.461 e. The summed E-state index contributed by atoms with van der Waals surface area (Å²) >= 11 is 2.47. The smallest absolute Gasteiger partial charge is 0.410 e. The molecule has 6 aromatic carbocycles. The van der Waals surface area contributed by atoms with E-state index in [1.54, 1.807) is 4.90 Å². The van der Waals surface area contributed by atoms with Crippen LogP contribution in [0.5, 0.6) is 0 Å². The summed E-state index contributed by atoms with van der Waals surface area (Å²) in [6, 6.07) is 59.5. The first kappa shape index (κ1) is 103. The lowest BCUT2D eigenvalue weighted by atomic mass is 9.99. The molecule has 1 amide bonds. The van der Waals surface area contributed by atoms with Crippen molar-refractivity contribution in [2.45, 2.75) is 305 Å². The van der Waals surface area contributed by atoms with Gasteiger partial charge in [-0.25, -0.2) is 38.9 Å². The first-order valence-corrected chi connectivity index (χ1v) is 48.9. The van der Waals surface area contributed by atoms with Gasteiger partial charge in [-0.3, -0.25) is 9.59 Å². The molecule has 0 radical (unpaired) electrons. The molecular formula is C94H136IN11O13S4. The average molecular weight is 1880 g/mol. The number of cyclic esters (lactones) is 2. The highest BCUT2D eigenvalue weighted by Gasteiger charge is 2.39. The number of esters is 2. The molecule has 0 aliphatic carbocycles. The summed E-state index contributed by atoms with van der Waals surface area (Å²) in [5.74, 6) is -0.325. The second kappa shape index (κ2) is 51.3. The van der Waals surface area contributed by atoms with E-state index < -0.39 is 43.9 Å². The van der Waals surface area contributed by atoms with Gasteiger partial charge in [0.15, 0.2) is 0 Å². The number of halogens is 1. The zero-order valence-corrected chi connectivity index (χ0v) is 80.8. The van der Waals surface area contributed by atoms with E-state index >= 15 is 0 Å². The van der Waals surface area contributed by atoms with Crippen LogP contribution in [0.3, 0.4) is 0 Å². The monoisotopic (exact) mass is 1880 g/mol. The minimum Gasteiger partial charge on any atom is -0.461 e. The molecule has 24 nitrogen and oxygen atoms in total. The SMILES string of the molecule is CC1CC[C@@H](CN(Cc2ccccc2)[S@@](=O)C(C)(C)C)OC1=O.CC1CC[C@@H](CN(Cc2ccccc2)[S@@](=O)C(C)(C)C)OC1=O.CC1O[C@H](CN(Cc2ccccc2)C(=O)OCc2ccccc2)CCC1N=[N+]=[N-].CC1O[C@H](CN(Cc2ccccc2)[S@@](=O)C(C)(C)C)CCC1I.CC1O[C@H](CN(Cc2ccccc2)[S@@](=O)C(C)(C)C)CCC1N=[N+]=[N-]. The fourth-order valence-electron chi connectivity index (χ4n) is 14.5. The minimum atomic E-state index is -1.16. The summed E-state index contributed by atoms with van der Waals surface area (Å²) in [5, 5.41) is 7.60. The molecule has 6 aromatic rings. The molecule has 5 aliphatic heterocycles. The van der Waals surface area contributed by atoms with E-state index in [1.165, 1.54) is 12.0 Å². The van der Waals surface area contributed by atoms with Crippen LogP contribution in [-0.4, -0.2) is 174 Å². The molecule has 0 spiro atoms. The van der Waals surface area contributed by atoms with Gasteiger partial charge < -0.3 is 33.3 Å². The predicted molar refractivity (Wildman–Crippen MR) is 503 cm³/mol. The minimum absolute atomic E-state index is 0.00449. The third kappa shape index (κ3) is 36.5. The lowest BCUT2D eigenvalue weighted by molar-refractivity contribution is -0.160. The molecular weight excluding hydrogens is 1750 g/mol. The molecule has 0 bridgehead atoms. The fraction of sp³-hybridized carbons (Fsp3) is 0.585. The highest BCUT2D eigenvalue weighted by atomic mass is 127. The van der Waals surface area contributed by atoms with Gasteiger partial charge in [0.25, 0.3) is 0 Å². The van der Waals surface area contributed by atoms with Crippen LogP contribution in [-0.2, 0) is 121 Å². The molecule has 29 heteroatoms. The van der Waals surface area contributed by atoms with Crippen LogP contribution in [0.15, 0.2) is 192 Å². The van der Waals surface area contributed by atoms with E-state index in [9.17, 15) is 31.2 Å². The van der Waals surface area contributed by atoms with Gasteiger partial charge in [-0.1, -0.05) is 229 Å². The third-order valence-corrected chi connectivity index (χ3v) is 30.1. The Bertz CT molecular complexity index is 4250. The topological polar surface area (TPSA) is 289 Å². The lowest BCUT2D eigenvalue weighted by Crippen LogP contribution is -2.45. The first-order valence-electron chi connectivity index (χ1n) is 43.2. The molecule has 0 aromatic heterocycles. The molecule has 5 fully saturated rings. The fourth-order valence-corrected chi connectivity index (χ4v) is 20.4. The zero-order chi connectivity index (χ0) is 90.0. The number of hydrogen-bond donors (Lipinski definition) is 0. The van der Waals surface area contributed by atoms with Crippen LogP contribution in [0.4, 0.5) is 4.79 Å². The Kier molecular flexibility index (Phi) is 43.0. The summed E-state index contributed by atoms with van der Waals surface area (Å²) in [6.07, 6.45) is 7.96. The molecule has 8 unspecified atom stereocenters. The van der Waals surface area contributed by atoms with Gasteiger partial charge in [0.05, 0.1) is 86.1 Å². The van der Waals surface area contributed by atoms with Crippen molar-refractivity contribution in [2.75, 3.05) is 32.7 Å². The van der Waals surface area contributed by atoms with Gasteiger partial charge >= 0.3 is 18.0 Å². The maximum atomic E-state index is 13.0. The Morgan fingerprint density at radius 3 is 0.919 bits per heavy atom. The molecule has 123 heavy (non-hydrogen) atoms. The molecule has 5 saturated heterocycles. The number of rotatable bonds is 28. The van der Waals surface area contributed by atoms with Crippen LogP contribution in [0.2, 0.25) is 0 Å².